The first kappa shape index (κ1) is 12.5. The maximum absolute atomic E-state index is 13.1. The van der Waals surface area contributed by atoms with Crippen LogP contribution in [0.4, 0.5) is 19.5 Å². The van der Waals surface area contributed by atoms with E-state index >= 15 is 0 Å². The third-order valence-electron chi connectivity index (χ3n) is 2.40. The predicted molar refractivity (Wildman–Crippen MR) is 67.4 cm³/mol. The maximum atomic E-state index is 13.1. The lowest BCUT2D eigenvalue weighted by Crippen LogP contribution is -1.81. The summed E-state index contributed by atoms with van der Waals surface area (Å²) in [5.41, 5.74) is 0.415. The molecule has 0 aliphatic heterocycles. The van der Waals surface area contributed by atoms with Crippen LogP contribution in [0.15, 0.2) is 34.9 Å². The summed E-state index contributed by atoms with van der Waals surface area (Å²) in [4.78, 5) is 7.77. The number of phenols is 1. The topological polar surface area (TPSA) is 83.6 Å². The van der Waals surface area contributed by atoms with Gasteiger partial charge in [0, 0.05) is 18.3 Å². The summed E-state index contributed by atoms with van der Waals surface area (Å²) in [5.74, 6) is -3.24. The fourth-order valence-corrected chi connectivity index (χ4v) is 2.11. The van der Waals surface area contributed by atoms with Crippen LogP contribution in [-0.2, 0) is 0 Å². The monoisotopic (exact) mass is 293 g/mol. The molecule has 3 aromatic rings. The lowest BCUT2D eigenvalue weighted by Gasteiger charge is -1.98. The predicted octanol–water partition coefficient (Wildman–Crippen LogP) is 3.49. The van der Waals surface area contributed by atoms with Crippen LogP contribution >= 0.6 is 11.5 Å². The van der Waals surface area contributed by atoms with Crippen molar-refractivity contribution in [3.8, 4) is 5.75 Å². The summed E-state index contributed by atoms with van der Waals surface area (Å²) in [7, 11) is 0. The van der Waals surface area contributed by atoms with Gasteiger partial charge in [-0.25, -0.2) is 18.7 Å². The van der Waals surface area contributed by atoms with E-state index in [1.54, 1.807) is 0 Å². The highest BCUT2D eigenvalue weighted by molar-refractivity contribution is 7.11. The molecule has 0 amide bonds. The molecule has 20 heavy (non-hydrogen) atoms. The molecule has 100 valence electrons. The number of aromatic nitrogens is 3. The van der Waals surface area contributed by atoms with Crippen LogP contribution in [0.25, 0.3) is 11.0 Å². The normalized spacial score (nSPS) is 11.5. The second kappa shape index (κ2) is 4.85. The second-order valence-electron chi connectivity index (χ2n) is 3.71. The van der Waals surface area contributed by atoms with E-state index in [4.69, 9.17) is 5.11 Å². The van der Waals surface area contributed by atoms with E-state index in [2.05, 4.69) is 24.6 Å². The summed E-state index contributed by atoms with van der Waals surface area (Å²) in [6, 6.07) is 1.75. The van der Waals surface area contributed by atoms with Crippen molar-refractivity contribution < 1.29 is 13.9 Å². The number of nitrogens with zero attached hydrogens (tertiary/aromatic N) is 5. The van der Waals surface area contributed by atoms with Crippen LogP contribution in [0.1, 0.15) is 0 Å². The average molecular weight is 293 g/mol. The minimum Gasteiger partial charge on any atom is -0.503 e. The van der Waals surface area contributed by atoms with E-state index in [0.29, 0.717) is 16.0 Å². The molecule has 0 saturated heterocycles. The average Bonchev–Trinajstić information content (AvgIpc) is 2.85. The van der Waals surface area contributed by atoms with Crippen LogP contribution in [0.2, 0.25) is 0 Å². The van der Waals surface area contributed by atoms with Crippen molar-refractivity contribution in [2.24, 2.45) is 10.2 Å². The highest BCUT2D eigenvalue weighted by Gasteiger charge is 2.10. The number of halogens is 2. The smallest absolute Gasteiger partial charge is 0.187 e. The Morgan fingerprint density at radius 2 is 1.90 bits per heavy atom. The molecule has 0 aliphatic carbocycles. The van der Waals surface area contributed by atoms with Gasteiger partial charge in [-0.05, 0) is 11.5 Å². The van der Waals surface area contributed by atoms with Gasteiger partial charge in [-0.2, -0.15) is 4.37 Å². The second-order valence-corrected chi connectivity index (χ2v) is 4.46. The molecule has 6 nitrogen and oxygen atoms in total. The van der Waals surface area contributed by atoms with Crippen molar-refractivity contribution >= 4 is 33.3 Å². The van der Waals surface area contributed by atoms with E-state index in [9.17, 15) is 8.78 Å². The quantitative estimate of drug-likeness (QED) is 0.733. The van der Waals surface area contributed by atoms with Gasteiger partial charge in [0.25, 0.3) is 0 Å². The highest BCUT2D eigenvalue weighted by atomic mass is 32.1. The highest BCUT2D eigenvalue weighted by Crippen LogP contribution is 2.31. The van der Waals surface area contributed by atoms with Gasteiger partial charge in [-0.3, -0.25) is 0 Å². The summed E-state index contributed by atoms with van der Waals surface area (Å²) in [6.45, 7) is 0. The van der Waals surface area contributed by atoms with Crippen LogP contribution in [0, 0.1) is 11.6 Å². The van der Waals surface area contributed by atoms with Crippen LogP contribution in [0.3, 0.4) is 0 Å². The van der Waals surface area contributed by atoms with E-state index in [0.717, 1.165) is 23.7 Å². The summed E-state index contributed by atoms with van der Waals surface area (Å²) >= 11 is 1.04. The molecule has 0 radical (unpaired) electrons. The molecule has 1 aromatic carbocycles. The molecule has 1 N–H and O–H groups in total. The molecule has 0 fully saturated rings. The SMILES string of the molecule is Oc1c(F)cc(/N=N/c2snc3ncncc23)cc1F. The van der Waals surface area contributed by atoms with Crippen molar-refractivity contribution in [1.82, 2.24) is 14.3 Å². The fourth-order valence-electron chi connectivity index (χ4n) is 1.47. The zero-order valence-corrected chi connectivity index (χ0v) is 10.5. The van der Waals surface area contributed by atoms with Crippen molar-refractivity contribution in [3.63, 3.8) is 0 Å². The molecule has 2 aromatic heterocycles. The number of azo groups is 1. The number of fused-ring (bicyclic) bond motifs is 1. The number of hydrogen-bond donors (Lipinski definition) is 1. The lowest BCUT2D eigenvalue weighted by molar-refractivity contribution is 0.396. The van der Waals surface area contributed by atoms with Crippen molar-refractivity contribution in [3.05, 3.63) is 36.3 Å². The third kappa shape index (κ3) is 2.18. The van der Waals surface area contributed by atoms with Gasteiger partial charge >= 0.3 is 0 Å². The molecular formula is C11H5F2N5OS. The third-order valence-corrected chi connectivity index (χ3v) is 3.14. The minimum atomic E-state index is -1.10. The first-order chi connectivity index (χ1) is 9.65. The first-order valence-electron chi connectivity index (χ1n) is 5.30. The van der Waals surface area contributed by atoms with Crippen molar-refractivity contribution in [1.29, 1.82) is 0 Å². The molecule has 0 spiro atoms. The molecule has 2 heterocycles. The molecule has 0 aliphatic rings. The van der Waals surface area contributed by atoms with E-state index in [1.807, 2.05) is 0 Å². The van der Waals surface area contributed by atoms with Gasteiger partial charge < -0.3 is 5.11 Å². The van der Waals surface area contributed by atoms with E-state index < -0.39 is 17.4 Å². The number of hydrogen-bond acceptors (Lipinski definition) is 7. The summed E-state index contributed by atoms with van der Waals surface area (Å²) < 4.78 is 30.3. The fraction of sp³-hybridized carbons (Fsp3) is 0. The number of phenolic OH excluding ortho intramolecular Hbond substituents is 1. The standard InChI is InChI=1S/C11H5F2N5OS/c12-7-1-5(2-8(13)9(7)19)16-17-11-6-3-14-4-15-10(6)18-20-11/h1-4,19H/b17-16+. The Labute approximate surface area is 114 Å². The minimum absolute atomic E-state index is 0.0591. The zero-order valence-electron chi connectivity index (χ0n) is 9.66. The molecule has 9 heteroatoms. The van der Waals surface area contributed by atoms with E-state index in [-0.39, 0.29) is 5.69 Å². The van der Waals surface area contributed by atoms with Gasteiger partial charge in [-0.1, -0.05) is 0 Å². The Balaban J connectivity index is 1.98. The van der Waals surface area contributed by atoms with E-state index in [1.165, 1.54) is 12.5 Å². The Morgan fingerprint density at radius 3 is 2.65 bits per heavy atom. The Hall–Kier alpha value is -2.55. The molecule has 0 bridgehead atoms. The van der Waals surface area contributed by atoms with Crippen LogP contribution in [-0.4, -0.2) is 19.4 Å². The Bertz CT molecular complexity index is 796. The van der Waals surface area contributed by atoms with Crippen molar-refractivity contribution in [2.75, 3.05) is 0 Å². The van der Waals surface area contributed by atoms with Gasteiger partial charge in [0.2, 0.25) is 0 Å². The van der Waals surface area contributed by atoms with Gasteiger partial charge in [0.15, 0.2) is 28.0 Å². The Morgan fingerprint density at radius 1 is 1.15 bits per heavy atom. The van der Waals surface area contributed by atoms with Crippen LogP contribution in [0.5, 0.6) is 5.75 Å². The van der Waals surface area contributed by atoms with Crippen LogP contribution < -0.4 is 0 Å². The molecule has 0 atom stereocenters. The van der Waals surface area contributed by atoms with Gasteiger partial charge in [-0.15, -0.1) is 10.2 Å². The summed E-state index contributed by atoms with van der Waals surface area (Å²) in [6.07, 6.45) is 2.88. The van der Waals surface area contributed by atoms with Gasteiger partial charge in [0.05, 0.1) is 11.1 Å². The maximum Gasteiger partial charge on any atom is 0.187 e. The summed E-state index contributed by atoms with van der Waals surface area (Å²) in [5, 5.41) is 17.6. The largest absolute Gasteiger partial charge is 0.503 e. The zero-order chi connectivity index (χ0) is 14.1. The Kier molecular flexibility index (Phi) is 3.03. The lowest BCUT2D eigenvalue weighted by atomic mass is 10.3. The first-order valence-corrected chi connectivity index (χ1v) is 6.07. The molecular weight excluding hydrogens is 288 g/mol. The number of rotatable bonds is 2. The molecule has 0 saturated carbocycles. The number of benzene rings is 1. The van der Waals surface area contributed by atoms with Gasteiger partial charge in [0.1, 0.15) is 6.33 Å². The van der Waals surface area contributed by atoms with Crippen molar-refractivity contribution in [2.45, 2.75) is 0 Å². The molecule has 3 rings (SSSR count). The number of aromatic hydroxyl groups is 1. The molecule has 0 unspecified atom stereocenters.